The predicted octanol–water partition coefficient (Wildman–Crippen LogP) is 13.9. The van der Waals surface area contributed by atoms with Crippen LogP contribution in [-0.4, -0.2) is 0 Å². The number of aryl methyl sites for hydroxylation is 1. The third-order valence-electron chi connectivity index (χ3n) is 9.97. The van der Waals surface area contributed by atoms with Crippen LogP contribution >= 0.6 is 0 Å². The Labute approximate surface area is 293 Å². The van der Waals surface area contributed by atoms with Crippen molar-refractivity contribution in [3.05, 3.63) is 200 Å². The minimum absolute atomic E-state index is 1.13. The Hall–Kier alpha value is -6.44. The largest absolute Gasteiger partial charge is 0.310 e. The van der Waals surface area contributed by atoms with Crippen LogP contribution in [-0.2, 0) is 0 Å². The first kappa shape index (κ1) is 29.7. The standard InChI is InChI=1S/C49H35N/c1-34-31-39(26-29-41(34)48-32-37(35-15-5-2-6-16-35)25-28-42(48)36-17-7-3-8-18-36)50(38-19-9-4-10-20-38)40-27-30-47-45-23-12-11-21-43(45)44-22-13-14-24-46(44)49(47)33-40/h2-33H,1H3. The quantitative estimate of drug-likeness (QED) is 0.164. The molecule has 1 nitrogen and oxygen atoms in total. The van der Waals surface area contributed by atoms with Gasteiger partial charge in [0.05, 0.1) is 0 Å². The summed E-state index contributed by atoms with van der Waals surface area (Å²) in [5.74, 6) is 0. The normalized spacial score (nSPS) is 11.3. The predicted molar refractivity (Wildman–Crippen MR) is 215 cm³/mol. The zero-order chi connectivity index (χ0) is 33.4. The highest BCUT2D eigenvalue weighted by Gasteiger charge is 2.18. The summed E-state index contributed by atoms with van der Waals surface area (Å²) in [5.41, 5.74) is 12.0. The van der Waals surface area contributed by atoms with E-state index in [1.807, 2.05) is 0 Å². The van der Waals surface area contributed by atoms with Gasteiger partial charge in [-0.25, -0.2) is 0 Å². The Morgan fingerprint density at radius 1 is 0.280 bits per heavy atom. The first-order valence-electron chi connectivity index (χ1n) is 17.3. The number of benzene rings is 9. The summed E-state index contributed by atoms with van der Waals surface area (Å²) in [6.07, 6.45) is 0. The van der Waals surface area contributed by atoms with Crippen LogP contribution in [0.25, 0.3) is 65.7 Å². The average molecular weight is 638 g/mol. The second-order valence-corrected chi connectivity index (χ2v) is 13.0. The van der Waals surface area contributed by atoms with Crippen molar-refractivity contribution < 1.29 is 0 Å². The van der Waals surface area contributed by atoms with Gasteiger partial charge in [-0.15, -0.1) is 0 Å². The first-order valence-corrected chi connectivity index (χ1v) is 17.3. The van der Waals surface area contributed by atoms with Gasteiger partial charge in [0.2, 0.25) is 0 Å². The lowest BCUT2D eigenvalue weighted by molar-refractivity contribution is 1.28. The van der Waals surface area contributed by atoms with E-state index in [2.05, 4.69) is 206 Å². The smallest absolute Gasteiger partial charge is 0.0468 e. The van der Waals surface area contributed by atoms with E-state index in [-0.39, 0.29) is 0 Å². The molecule has 50 heavy (non-hydrogen) atoms. The Kier molecular flexibility index (Phi) is 7.44. The average Bonchev–Trinajstić information content (AvgIpc) is 3.19. The maximum atomic E-state index is 2.39. The van der Waals surface area contributed by atoms with E-state index in [1.54, 1.807) is 0 Å². The van der Waals surface area contributed by atoms with E-state index in [4.69, 9.17) is 0 Å². The van der Waals surface area contributed by atoms with Crippen molar-refractivity contribution in [1.82, 2.24) is 0 Å². The van der Waals surface area contributed by atoms with Gasteiger partial charge in [-0.05, 0) is 121 Å². The molecular weight excluding hydrogens is 603 g/mol. The first-order chi connectivity index (χ1) is 24.7. The molecule has 0 heterocycles. The van der Waals surface area contributed by atoms with Crippen LogP contribution in [0.4, 0.5) is 17.1 Å². The minimum Gasteiger partial charge on any atom is -0.310 e. The highest BCUT2D eigenvalue weighted by Crippen LogP contribution is 2.43. The Morgan fingerprint density at radius 2 is 0.760 bits per heavy atom. The molecule has 0 unspecified atom stereocenters. The molecule has 0 radical (unpaired) electrons. The lowest BCUT2D eigenvalue weighted by Crippen LogP contribution is -2.10. The van der Waals surface area contributed by atoms with E-state index in [9.17, 15) is 0 Å². The Balaban J connectivity index is 1.22. The second-order valence-electron chi connectivity index (χ2n) is 13.0. The number of hydrogen-bond acceptors (Lipinski definition) is 1. The van der Waals surface area contributed by atoms with Crippen molar-refractivity contribution in [2.45, 2.75) is 6.92 Å². The van der Waals surface area contributed by atoms with Gasteiger partial charge in [-0.1, -0.05) is 152 Å². The lowest BCUT2D eigenvalue weighted by Gasteiger charge is -2.27. The van der Waals surface area contributed by atoms with Crippen molar-refractivity contribution >= 4 is 49.4 Å². The topological polar surface area (TPSA) is 3.24 Å². The van der Waals surface area contributed by atoms with Crippen LogP contribution in [0.5, 0.6) is 0 Å². The fourth-order valence-electron chi connectivity index (χ4n) is 7.59. The van der Waals surface area contributed by atoms with E-state index in [0.29, 0.717) is 0 Å². The summed E-state index contributed by atoms with van der Waals surface area (Å²) in [4.78, 5) is 2.39. The zero-order valence-electron chi connectivity index (χ0n) is 27.9. The van der Waals surface area contributed by atoms with E-state index < -0.39 is 0 Å². The highest BCUT2D eigenvalue weighted by atomic mass is 15.1. The van der Waals surface area contributed by atoms with Gasteiger partial charge >= 0.3 is 0 Å². The number of hydrogen-bond donors (Lipinski definition) is 0. The molecule has 0 N–H and O–H groups in total. The van der Waals surface area contributed by atoms with Gasteiger partial charge in [0.1, 0.15) is 0 Å². The van der Waals surface area contributed by atoms with Crippen molar-refractivity contribution in [2.24, 2.45) is 0 Å². The number of fused-ring (bicyclic) bond motifs is 6. The minimum atomic E-state index is 1.13. The lowest BCUT2D eigenvalue weighted by atomic mass is 9.89. The molecule has 0 atom stereocenters. The molecule has 1 heteroatoms. The SMILES string of the molecule is Cc1cc(N(c2ccccc2)c2ccc3c4ccccc4c4ccccc4c3c2)ccc1-c1cc(-c2ccccc2)ccc1-c1ccccc1. The zero-order valence-corrected chi connectivity index (χ0v) is 27.9. The van der Waals surface area contributed by atoms with Gasteiger partial charge in [0, 0.05) is 17.1 Å². The van der Waals surface area contributed by atoms with Crippen molar-refractivity contribution in [1.29, 1.82) is 0 Å². The molecule has 0 bridgehead atoms. The molecule has 0 aromatic heterocycles. The van der Waals surface area contributed by atoms with Crippen LogP contribution in [0.3, 0.4) is 0 Å². The Bertz CT molecular complexity index is 2610. The van der Waals surface area contributed by atoms with E-state index in [1.165, 1.54) is 71.3 Å². The molecule has 0 saturated carbocycles. The molecule has 0 aliphatic heterocycles. The van der Waals surface area contributed by atoms with Gasteiger partial charge in [0.25, 0.3) is 0 Å². The van der Waals surface area contributed by atoms with Crippen molar-refractivity contribution in [2.75, 3.05) is 4.90 Å². The van der Waals surface area contributed by atoms with E-state index in [0.717, 1.165) is 17.1 Å². The molecule has 9 aromatic carbocycles. The third-order valence-corrected chi connectivity index (χ3v) is 9.97. The molecule has 0 spiro atoms. The molecule has 0 aliphatic rings. The number of anilines is 3. The van der Waals surface area contributed by atoms with Crippen molar-refractivity contribution in [3.8, 4) is 33.4 Å². The van der Waals surface area contributed by atoms with Crippen LogP contribution in [0.2, 0.25) is 0 Å². The fourth-order valence-corrected chi connectivity index (χ4v) is 7.59. The van der Waals surface area contributed by atoms with Gasteiger partial charge < -0.3 is 4.90 Å². The van der Waals surface area contributed by atoms with Crippen LogP contribution in [0, 0.1) is 6.92 Å². The second kappa shape index (κ2) is 12.5. The molecule has 0 aliphatic carbocycles. The summed E-state index contributed by atoms with van der Waals surface area (Å²) in [6.45, 7) is 2.24. The maximum absolute atomic E-state index is 2.39. The third kappa shape index (κ3) is 5.21. The van der Waals surface area contributed by atoms with Gasteiger partial charge in [-0.3, -0.25) is 0 Å². The van der Waals surface area contributed by atoms with Crippen LogP contribution < -0.4 is 4.90 Å². The van der Waals surface area contributed by atoms with Crippen LogP contribution in [0.15, 0.2) is 194 Å². The number of nitrogens with zero attached hydrogens (tertiary/aromatic N) is 1. The van der Waals surface area contributed by atoms with Crippen LogP contribution in [0.1, 0.15) is 5.56 Å². The Morgan fingerprint density at radius 3 is 1.38 bits per heavy atom. The summed E-state index contributed by atoms with van der Waals surface area (Å²) < 4.78 is 0. The summed E-state index contributed by atoms with van der Waals surface area (Å²) in [7, 11) is 0. The van der Waals surface area contributed by atoms with E-state index >= 15 is 0 Å². The monoisotopic (exact) mass is 637 g/mol. The summed E-state index contributed by atoms with van der Waals surface area (Å²) in [6, 6.07) is 70.4. The maximum Gasteiger partial charge on any atom is 0.0468 e. The molecule has 0 fully saturated rings. The molecular formula is C49H35N. The summed E-state index contributed by atoms with van der Waals surface area (Å²) >= 11 is 0. The molecule has 9 rings (SSSR count). The highest BCUT2D eigenvalue weighted by molar-refractivity contribution is 6.25. The molecule has 236 valence electrons. The molecule has 9 aromatic rings. The van der Waals surface area contributed by atoms with Crippen molar-refractivity contribution in [3.63, 3.8) is 0 Å². The molecule has 0 amide bonds. The number of rotatable bonds is 6. The van der Waals surface area contributed by atoms with Gasteiger partial charge in [0.15, 0.2) is 0 Å². The van der Waals surface area contributed by atoms with Gasteiger partial charge in [-0.2, -0.15) is 0 Å². The number of para-hydroxylation sites is 1. The summed E-state index contributed by atoms with van der Waals surface area (Å²) in [5, 5.41) is 7.66. The fraction of sp³-hybridized carbons (Fsp3) is 0.0204. The molecule has 0 saturated heterocycles.